The van der Waals surface area contributed by atoms with Crippen LogP contribution in [0, 0.1) is 5.92 Å². The second-order valence-electron chi connectivity index (χ2n) is 4.83. The Hall–Kier alpha value is -2.04. The van der Waals surface area contributed by atoms with Crippen molar-refractivity contribution in [1.82, 2.24) is 5.32 Å². The fourth-order valence-electron chi connectivity index (χ4n) is 1.72. The van der Waals surface area contributed by atoms with Crippen LogP contribution in [0.4, 0.5) is 0 Å². The number of methoxy groups -OCH3 is 1. The van der Waals surface area contributed by atoms with Gasteiger partial charge in [-0.2, -0.15) is 0 Å². The number of carbonyl (C=O) groups is 2. The molecule has 0 aromatic heterocycles. The number of aryl methyl sites for hydroxylation is 1. The molecule has 1 rings (SSSR count). The summed E-state index contributed by atoms with van der Waals surface area (Å²) in [5.74, 6) is -0.864. The summed E-state index contributed by atoms with van der Waals surface area (Å²) in [5.41, 5.74) is 1.04. The highest BCUT2D eigenvalue weighted by atomic mass is 16.5. The molecular formula is C15H21NO4. The van der Waals surface area contributed by atoms with Gasteiger partial charge in [0.2, 0.25) is 5.91 Å². The Kier molecular flexibility index (Phi) is 6.03. The molecule has 0 spiro atoms. The van der Waals surface area contributed by atoms with Gasteiger partial charge >= 0.3 is 5.97 Å². The second-order valence-corrected chi connectivity index (χ2v) is 4.83. The molecule has 5 nitrogen and oxygen atoms in total. The Morgan fingerprint density at radius 2 is 1.85 bits per heavy atom. The smallest absolute Gasteiger partial charge is 0.308 e. The molecule has 1 amide bonds. The van der Waals surface area contributed by atoms with Gasteiger partial charge in [0.1, 0.15) is 5.75 Å². The Morgan fingerprint density at radius 3 is 2.35 bits per heavy atom. The van der Waals surface area contributed by atoms with Crippen LogP contribution < -0.4 is 10.1 Å². The number of amides is 1. The summed E-state index contributed by atoms with van der Waals surface area (Å²) in [6, 6.07) is 7.14. The molecule has 0 saturated carbocycles. The summed E-state index contributed by atoms with van der Waals surface area (Å²) in [6.45, 7) is 3.28. The van der Waals surface area contributed by atoms with Crippen LogP contribution in [0.25, 0.3) is 0 Å². The molecule has 0 aliphatic rings. The van der Waals surface area contributed by atoms with Gasteiger partial charge in [0.05, 0.1) is 13.0 Å². The molecule has 0 fully saturated rings. The third kappa shape index (κ3) is 4.91. The number of benzene rings is 1. The zero-order chi connectivity index (χ0) is 15.1. The van der Waals surface area contributed by atoms with Gasteiger partial charge in [-0.1, -0.05) is 12.1 Å². The third-order valence-corrected chi connectivity index (χ3v) is 3.33. The van der Waals surface area contributed by atoms with Crippen LogP contribution in [0.1, 0.15) is 25.8 Å². The fraction of sp³-hybridized carbons (Fsp3) is 0.467. The predicted molar refractivity (Wildman–Crippen MR) is 75.7 cm³/mol. The van der Waals surface area contributed by atoms with E-state index in [1.54, 1.807) is 21.0 Å². The van der Waals surface area contributed by atoms with Crippen LogP contribution in [0.2, 0.25) is 0 Å². The number of rotatable bonds is 7. The molecule has 2 atom stereocenters. The van der Waals surface area contributed by atoms with Crippen LogP contribution in [-0.2, 0) is 16.0 Å². The number of ether oxygens (including phenoxy) is 1. The SMILES string of the molecule is COc1ccc(CCC(=O)NC(C)C(C)C(=O)O)cc1. The Labute approximate surface area is 118 Å². The van der Waals surface area contributed by atoms with Crippen molar-refractivity contribution in [2.45, 2.75) is 32.7 Å². The summed E-state index contributed by atoms with van der Waals surface area (Å²) < 4.78 is 5.06. The maximum absolute atomic E-state index is 11.7. The molecule has 0 saturated heterocycles. The fourth-order valence-corrected chi connectivity index (χ4v) is 1.72. The second kappa shape index (κ2) is 7.53. The first-order valence-electron chi connectivity index (χ1n) is 6.59. The number of hydrogen-bond acceptors (Lipinski definition) is 3. The van der Waals surface area contributed by atoms with Crippen molar-refractivity contribution < 1.29 is 19.4 Å². The van der Waals surface area contributed by atoms with Crippen molar-refractivity contribution in [3.63, 3.8) is 0 Å². The molecule has 20 heavy (non-hydrogen) atoms. The average molecular weight is 279 g/mol. The number of carbonyl (C=O) groups excluding carboxylic acids is 1. The lowest BCUT2D eigenvalue weighted by Crippen LogP contribution is -2.40. The van der Waals surface area contributed by atoms with Crippen molar-refractivity contribution in [2.24, 2.45) is 5.92 Å². The van der Waals surface area contributed by atoms with Crippen molar-refractivity contribution >= 4 is 11.9 Å². The highest BCUT2D eigenvalue weighted by molar-refractivity contribution is 5.78. The molecular weight excluding hydrogens is 258 g/mol. The van der Waals surface area contributed by atoms with Gasteiger partial charge in [-0.15, -0.1) is 0 Å². The van der Waals surface area contributed by atoms with Crippen LogP contribution in [0.15, 0.2) is 24.3 Å². The zero-order valence-corrected chi connectivity index (χ0v) is 12.1. The normalized spacial score (nSPS) is 13.3. The topological polar surface area (TPSA) is 75.6 Å². The highest BCUT2D eigenvalue weighted by Gasteiger charge is 2.20. The van der Waals surface area contributed by atoms with E-state index in [0.717, 1.165) is 11.3 Å². The Bertz CT molecular complexity index is 455. The van der Waals surface area contributed by atoms with Crippen LogP contribution >= 0.6 is 0 Å². The van der Waals surface area contributed by atoms with E-state index in [2.05, 4.69) is 5.32 Å². The van der Waals surface area contributed by atoms with Crippen molar-refractivity contribution in [2.75, 3.05) is 7.11 Å². The van der Waals surface area contributed by atoms with Crippen molar-refractivity contribution in [1.29, 1.82) is 0 Å². The zero-order valence-electron chi connectivity index (χ0n) is 12.1. The molecule has 1 aromatic rings. The van der Waals surface area contributed by atoms with Gasteiger partial charge in [0, 0.05) is 12.5 Å². The molecule has 2 N–H and O–H groups in total. The van der Waals surface area contributed by atoms with E-state index >= 15 is 0 Å². The largest absolute Gasteiger partial charge is 0.497 e. The monoisotopic (exact) mass is 279 g/mol. The van der Waals surface area contributed by atoms with Gasteiger partial charge in [-0.25, -0.2) is 0 Å². The predicted octanol–water partition coefficient (Wildman–Crippen LogP) is 1.85. The summed E-state index contributed by atoms with van der Waals surface area (Å²) in [5, 5.41) is 11.6. The van der Waals surface area contributed by atoms with Gasteiger partial charge < -0.3 is 15.2 Å². The van der Waals surface area contributed by atoms with E-state index in [-0.39, 0.29) is 11.9 Å². The molecule has 0 aliphatic carbocycles. The Morgan fingerprint density at radius 1 is 1.25 bits per heavy atom. The van der Waals surface area contributed by atoms with Crippen molar-refractivity contribution in [3.8, 4) is 5.75 Å². The summed E-state index contributed by atoms with van der Waals surface area (Å²) >= 11 is 0. The number of carboxylic acids is 1. The maximum atomic E-state index is 11.7. The minimum absolute atomic E-state index is 0.138. The van der Waals surface area contributed by atoms with Gasteiger partial charge in [0.25, 0.3) is 0 Å². The molecule has 0 bridgehead atoms. The molecule has 2 unspecified atom stereocenters. The number of hydrogen-bond donors (Lipinski definition) is 2. The molecule has 1 aromatic carbocycles. The van der Waals surface area contributed by atoms with Crippen molar-refractivity contribution in [3.05, 3.63) is 29.8 Å². The number of carboxylic acid groups (broad SMARTS) is 1. The van der Waals surface area contributed by atoms with E-state index < -0.39 is 11.9 Å². The molecule has 0 aliphatic heterocycles. The summed E-state index contributed by atoms with van der Waals surface area (Å²) in [4.78, 5) is 22.5. The van der Waals surface area contributed by atoms with E-state index in [9.17, 15) is 9.59 Å². The minimum Gasteiger partial charge on any atom is -0.497 e. The van der Waals surface area contributed by atoms with Gasteiger partial charge in [-0.05, 0) is 38.0 Å². The number of nitrogens with one attached hydrogen (secondary N) is 1. The lowest BCUT2D eigenvalue weighted by molar-refractivity contribution is -0.142. The van der Waals surface area contributed by atoms with E-state index in [1.165, 1.54) is 0 Å². The maximum Gasteiger partial charge on any atom is 0.308 e. The highest BCUT2D eigenvalue weighted by Crippen LogP contribution is 2.12. The van der Waals surface area contributed by atoms with E-state index in [0.29, 0.717) is 12.8 Å². The quantitative estimate of drug-likeness (QED) is 0.798. The standard InChI is InChI=1S/C15H21NO4/c1-10(15(18)19)11(2)16-14(17)9-6-12-4-7-13(20-3)8-5-12/h4-5,7-8,10-11H,6,9H2,1-3H3,(H,16,17)(H,18,19). The van der Waals surface area contributed by atoms with Gasteiger partial charge in [-0.3, -0.25) is 9.59 Å². The van der Waals surface area contributed by atoms with Crippen LogP contribution in [0.3, 0.4) is 0 Å². The Balaban J connectivity index is 2.41. The molecule has 5 heteroatoms. The third-order valence-electron chi connectivity index (χ3n) is 3.33. The average Bonchev–Trinajstić information content (AvgIpc) is 2.44. The van der Waals surface area contributed by atoms with Crippen LogP contribution in [0.5, 0.6) is 5.75 Å². The molecule has 0 radical (unpaired) electrons. The summed E-state index contributed by atoms with van der Waals surface area (Å²) in [6.07, 6.45) is 0.951. The van der Waals surface area contributed by atoms with Gasteiger partial charge in [0.15, 0.2) is 0 Å². The first-order chi connectivity index (χ1) is 9.43. The molecule has 0 heterocycles. The van der Waals surface area contributed by atoms with E-state index in [1.807, 2.05) is 24.3 Å². The first-order valence-corrected chi connectivity index (χ1v) is 6.59. The molecule has 110 valence electrons. The summed E-state index contributed by atoms with van der Waals surface area (Å²) in [7, 11) is 1.60. The minimum atomic E-state index is -0.909. The lowest BCUT2D eigenvalue weighted by Gasteiger charge is -2.17. The van der Waals surface area contributed by atoms with E-state index in [4.69, 9.17) is 9.84 Å². The first kappa shape index (κ1) is 16.0. The lowest BCUT2D eigenvalue weighted by atomic mass is 10.0. The number of aliphatic carboxylic acids is 1. The van der Waals surface area contributed by atoms with Crippen LogP contribution in [-0.4, -0.2) is 30.1 Å².